The van der Waals surface area contributed by atoms with Gasteiger partial charge < -0.3 is 5.32 Å². The molecule has 0 saturated heterocycles. The van der Waals surface area contributed by atoms with E-state index in [9.17, 15) is 4.79 Å². The van der Waals surface area contributed by atoms with Gasteiger partial charge in [0.05, 0.1) is 4.88 Å². The predicted octanol–water partition coefficient (Wildman–Crippen LogP) is 4.45. The van der Waals surface area contributed by atoms with E-state index in [1.807, 2.05) is 0 Å². The number of halogens is 1. The Bertz CT molecular complexity index is 609. The number of hydrogen-bond donors (Lipinski definition) is 1. The van der Waals surface area contributed by atoms with Crippen molar-refractivity contribution in [1.82, 2.24) is 5.32 Å². The summed E-state index contributed by atoms with van der Waals surface area (Å²) in [6.07, 6.45) is 4.79. The Morgan fingerprint density at radius 3 is 2.57 bits per heavy atom. The molecule has 3 rings (SSSR count). The summed E-state index contributed by atoms with van der Waals surface area (Å²) in [5.74, 6) is 0.0546. The first kappa shape index (κ1) is 14.8. The number of hydrogen-bond acceptors (Lipinski definition) is 2. The summed E-state index contributed by atoms with van der Waals surface area (Å²) >= 11 is 5.10. The van der Waals surface area contributed by atoms with Crippen molar-refractivity contribution in [3.63, 3.8) is 0 Å². The van der Waals surface area contributed by atoms with Gasteiger partial charge in [-0.25, -0.2) is 0 Å². The Morgan fingerprint density at radius 1 is 1.14 bits per heavy atom. The molecule has 0 unspecified atom stereocenters. The van der Waals surface area contributed by atoms with Crippen molar-refractivity contribution in [3.8, 4) is 0 Å². The first-order valence-electron chi connectivity index (χ1n) is 7.30. The van der Waals surface area contributed by atoms with E-state index in [0.29, 0.717) is 6.54 Å². The van der Waals surface area contributed by atoms with E-state index in [2.05, 4.69) is 51.6 Å². The summed E-state index contributed by atoms with van der Waals surface area (Å²) in [6.45, 7) is 0.587. The van der Waals surface area contributed by atoms with E-state index in [4.69, 9.17) is 0 Å². The van der Waals surface area contributed by atoms with E-state index in [1.165, 1.54) is 28.8 Å². The molecule has 0 radical (unpaired) electrons. The van der Waals surface area contributed by atoms with E-state index in [1.54, 1.807) is 11.3 Å². The SMILES string of the molecule is O=C(NCc1ccc(CBr)cc1)c1cc2c(s1)CCCC2. The fourth-order valence-electron chi connectivity index (χ4n) is 2.62. The van der Waals surface area contributed by atoms with Gasteiger partial charge in [-0.05, 0) is 48.4 Å². The molecule has 0 bridgehead atoms. The minimum atomic E-state index is 0.0546. The van der Waals surface area contributed by atoms with Crippen molar-refractivity contribution in [2.24, 2.45) is 0 Å². The summed E-state index contributed by atoms with van der Waals surface area (Å²) in [5, 5.41) is 3.88. The Balaban J connectivity index is 1.61. The number of rotatable bonds is 4. The number of nitrogens with one attached hydrogen (secondary N) is 1. The van der Waals surface area contributed by atoms with Crippen molar-refractivity contribution >= 4 is 33.2 Å². The summed E-state index contributed by atoms with van der Waals surface area (Å²) < 4.78 is 0. The summed E-state index contributed by atoms with van der Waals surface area (Å²) in [4.78, 5) is 14.5. The van der Waals surface area contributed by atoms with Crippen LogP contribution in [0.1, 0.15) is 44.1 Å². The Labute approximate surface area is 137 Å². The molecule has 4 heteroatoms. The lowest BCUT2D eigenvalue weighted by Crippen LogP contribution is -2.21. The lowest BCUT2D eigenvalue weighted by atomic mass is 9.99. The van der Waals surface area contributed by atoms with Crippen molar-refractivity contribution in [2.45, 2.75) is 37.6 Å². The lowest BCUT2D eigenvalue weighted by Gasteiger charge is -2.08. The van der Waals surface area contributed by atoms with Crippen LogP contribution in [0, 0.1) is 0 Å². The maximum absolute atomic E-state index is 12.3. The van der Waals surface area contributed by atoms with Crippen LogP contribution in [0.5, 0.6) is 0 Å². The second-order valence-corrected chi connectivity index (χ2v) is 7.10. The average molecular weight is 364 g/mol. The van der Waals surface area contributed by atoms with Crippen molar-refractivity contribution in [1.29, 1.82) is 0 Å². The minimum absolute atomic E-state index is 0.0546. The summed E-state index contributed by atoms with van der Waals surface area (Å²) in [7, 11) is 0. The van der Waals surface area contributed by atoms with Gasteiger partial charge in [0, 0.05) is 16.8 Å². The molecule has 2 nitrogen and oxygen atoms in total. The van der Waals surface area contributed by atoms with Gasteiger partial charge in [0.25, 0.3) is 5.91 Å². The zero-order valence-electron chi connectivity index (χ0n) is 11.8. The molecule has 1 aliphatic carbocycles. The molecule has 1 N–H and O–H groups in total. The van der Waals surface area contributed by atoms with Gasteiger partial charge in [0.1, 0.15) is 0 Å². The molecule has 0 atom stereocenters. The van der Waals surface area contributed by atoms with Gasteiger partial charge >= 0.3 is 0 Å². The molecular formula is C17H18BrNOS. The third-order valence-corrected chi connectivity index (χ3v) is 5.73. The maximum atomic E-state index is 12.3. The first-order chi connectivity index (χ1) is 10.3. The van der Waals surface area contributed by atoms with E-state index < -0.39 is 0 Å². The van der Waals surface area contributed by atoms with Crippen LogP contribution in [0.15, 0.2) is 30.3 Å². The normalized spacial score (nSPS) is 13.8. The second-order valence-electron chi connectivity index (χ2n) is 5.40. The van der Waals surface area contributed by atoms with E-state index in [0.717, 1.165) is 28.6 Å². The molecule has 2 aromatic rings. The molecule has 0 spiro atoms. The Hall–Kier alpha value is -1.13. The second kappa shape index (κ2) is 6.75. The fourth-order valence-corrected chi connectivity index (χ4v) is 4.16. The Kier molecular flexibility index (Phi) is 4.76. The quantitative estimate of drug-likeness (QED) is 0.798. The van der Waals surface area contributed by atoms with Gasteiger partial charge in [0.15, 0.2) is 0 Å². The van der Waals surface area contributed by atoms with Crippen molar-refractivity contribution in [2.75, 3.05) is 0 Å². The number of aryl methyl sites for hydroxylation is 2. The summed E-state index contributed by atoms with van der Waals surface area (Å²) in [6, 6.07) is 10.4. The maximum Gasteiger partial charge on any atom is 0.261 e. The third kappa shape index (κ3) is 3.55. The molecule has 110 valence electrons. The molecular weight excluding hydrogens is 346 g/mol. The number of benzene rings is 1. The molecule has 1 aromatic carbocycles. The highest BCUT2D eigenvalue weighted by atomic mass is 79.9. The molecule has 0 aliphatic heterocycles. The van der Waals surface area contributed by atoms with Gasteiger partial charge in [-0.2, -0.15) is 0 Å². The van der Waals surface area contributed by atoms with Crippen LogP contribution < -0.4 is 5.32 Å². The van der Waals surface area contributed by atoms with Gasteiger partial charge in [-0.1, -0.05) is 40.2 Å². The smallest absolute Gasteiger partial charge is 0.261 e. The monoisotopic (exact) mass is 363 g/mol. The molecule has 0 fully saturated rings. The topological polar surface area (TPSA) is 29.1 Å². The van der Waals surface area contributed by atoms with Crippen molar-refractivity contribution in [3.05, 3.63) is 56.8 Å². The molecule has 1 amide bonds. The number of carbonyl (C=O) groups is 1. The van der Waals surface area contributed by atoms with E-state index in [-0.39, 0.29) is 5.91 Å². The molecule has 1 aliphatic rings. The van der Waals surface area contributed by atoms with E-state index >= 15 is 0 Å². The highest BCUT2D eigenvalue weighted by Crippen LogP contribution is 2.29. The van der Waals surface area contributed by atoms with Crippen LogP contribution in [-0.2, 0) is 24.7 Å². The molecule has 1 aromatic heterocycles. The third-order valence-electron chi connectivity index (χ3n) is 3.85. The first-order valence-corrected chi connectivity index (χ1v) is 9.23. The number of alkyl halides is 1. The zero-order chi connectivity index (χ0) is 14.7. The summed E-state index contributed by atoms with van der Waals surface area (Å²) in [5.41, 5.74) is 3.77. The highest BCUT2D eigenvalue weighted by Gasteiger charge is 2.16. The highest BCUT2D eigenvalue weighted by molar-refractivity contribution is 9.08. The lowest BCUT2D eigenvalue weighted by molar-refractivity contribution is 0.0955. The standard InChI is InChI=1S/C17H18BrNOS/c18-10-12-5-7-13(8-6-12)11-19-17(20)16-9-14-3-1-2-4-15(14)21-16/h5-9H,1-4,10-11H2,(H,19,20). The largest absolute Gasteiger partial charge is 0.347 e. The fraction of sp³-hybridized carbons (Fsp3) is 0.353. The van der Waals surface area contributed by atoms with Crippen LogP contribution in [0.3, 0.4) is 0 Å². The molecule has 0 saturated carbocycles. The average Bonchev–Trinajstić information content (AvgIpc) is 2.97. The number of carbonyl (C=O) groups excluding carboxylic acids is 1. The van der Waals surface area contributed by atoms with Crippen molar-refractivity contribution < 1.29 is 4.79 Å². The van der Waals surface area contributed by atoms with Crippen LogP contribution >= 0.6 is 27.3 Å². The van der Waals surface area contributed by atoms with Gasteiger partial charge in [-0.15, -0.1) is 11.3 Å². The predicted molar refractivity (Wildman–Crippen MR) is 91.2 cm³/mol. The molecule has 1 heterocycles. The molecule has 21 heavy (non-hydrogen) atoms. The Morgan fingerprint density at radius 2 is 1.86 bits per heavy atom. The number of thiophene rings is 1. The van der Waals surface area contributed by atoms with Crippen LogP contribution in [0.4, 0.5) is 0 Å². The zero-order valence-corrected chi connectivity index (χ0v) is 14.2. The number of amides is 1. The van der Waals surface area contributed by atoms with Crippen LogP contribution in [0.25, 0.3) is 0 Å². The van der Waals surface area contributed by atoms with Crippen LogP contribution in [0.2, 0.25) is 0 Å². The van der Waals surface area contributed by atoms with Gasteiger partial charge in [-0.3, -0.25) is 4.79 Å². The van der Waals surface area contributed by atoms with Gasteiger partial charge in [0.2, 0.25) is 0 Å². The number of fused-ring (bicyclic) bond motifs is 1. The minimum Gasteiger partial charge on any atom is -0.347 e. The van der Waals surface area contributed by atoms with Crippen LogP contribution in [-0.4, -0.2) is 5.91 Å².